The van der Waals surface area contributed by atoms with E-state index in [1.807, 2.05) is 44.2 Å². The van der Waals surface area contributed by atoms with E-state index in [9.17, 15) is 19.2 Å². The minimum absolute atomic E-state index is 0.0695. The number of rotatable bonds is 10. The molecule has 10 nitrogen and oxygen atoms in total. The van der Waals surface area contributed by atoms with Gasteiger partial charge in [-0.3, -0.25) is 14.6 Å². The Bertz CT molecular complexity index is 1140. The average Bonchev–Trinajstić information content (AvgIpc) is 3.28. The second-order valence-electron chi connectivity index (χ2n) is 10.1. The van der Waals surface area contributed by atoms with Crippen molar-refractivity contribution in [1.82, 2.24) is 15.3 Å². The van der Waals surface area contributed by atoms with Gasteiger partial charge in [0.1, 0.15) is 5.69 Å². The average molecular weight is 509 g/mol. The van der Waals surface area contributed by atoms with E-state index in [1.165, 1.54) is 18.6 Å². The number of ketones is 1. The van der Waals surface area contributed by atoms with Crippen LogP contribution in [0.5, 0.6) is 0 Å². The number of fused-ring (bicyclic) bond motifs is 1. The number of Topliss-reactive ketones (excluding diaryl/α,β-unsaturated/α-hetero) is 1. The Balaban J connectivity index is 1.63. The van der Waals surface area contributed by atoms with E-state index < -0.39 is 48.7 Å². The third-order valence-corrected chi connectivity index (χ3v) is 7.01. The molecule has 2 fully saturated rings. The molecule has 37 heavy (non-hydrogen) atoms. The van der Waals surface area contributed by atoms with Crippen LogP contribution >= 0.6 is 0 Å². The van der Waals surface area contributed by atoms with Crippen LogP contribution in [0.1, 0.15) is 56.6 Å². The number of nitrogens with one attached hydrogen (secondary N) is 1. The lowest BCUT2D eigenvalue weighted by atomic mass is 9.57. The Labute approximate surface area is 215 Å². The second-order valence-corrected chi connectivity index (χ2v) is 10.1. The number of hydrogen-bond donors (Lipinski definition) is 1. The molecule has 0 spiro atoms. The molecule has 1 aromatic carbocycles. The summed E-state index contributed by atoms with van der Waals surface area (Å²) in [5.74, 6) is -2.31. The van der Waals surface area contributed by atoms with Gasteiger partial charge in [-0.25, -0.2) is 14.6 Å². The number of amides is 1. The lowest BCUT2D eigenvalue weighted by Crippen LogP contribution is -2.52. The zero-order valence-corrected chi connectivity index (χ0v) is 21.5. The highest BCUT2D eigenvalue weighted by molar-refractivity contribution is 6.70. The summed E-state index contributed by atoms with van der Waals surface area (Å²) >= 11 is 0. The number of nitrogens with zero attached hydrogens (tertiary/aromatic N) is 2. The first-order chi connectivity index (χ1) is 17.6. The van der Waals surface area contributed by atoms with Crippen LogP contribution in [0.3, 0.4) is 0 Å². The van der Waals surface area contributed by atoms with E-state index in [0.29, 0.717) is 6.42 Å². The fourth-order valence-electron chi connectivity index (χ4n) is 5.31. The fraction of sp³-hybridized carbons (Fsp3) is 0.462. The number of hydrogen-bond acceptors (Lipinski definition) is 8. The molecule has 4 rings (SSSR count). The molecule has 0 radical (unpaired) electrons. The predicted octanol–water partition coefficient (Wildman–Crippen LogP) is 2.58. The molecule has 5 atom stereocenters. The molecule has 0 saturated carbocycles. The van der Waals surface area contributed by atoms with Gasteiger partial charge in [0.25, 0.3) is 5.91 Å². The molecule has 11 heteroatoms. The van der Waals surface area contributed by atoms with E-state index in [1.54, 1.807) is 13.8 Å². The molecule has 0 bridgehead atoms. The molecule has 2 aliphatic rings. The van der Waals surface area contributed by atoms with Gasteiger partial charge in [0.15, 0.2) is 5.78 Å². The Morgan fingerprint density at radius 2 is 1.70 bits per heavy atom. The Kier molecular flexibility index (Phi) is 7.72. The summed E-state index contributed by atoms with van der Waals surface area (Å²) in [6.07, 6.45) is 3.34. The summed E-state index contributed by atoms with van der Waals surface area (Å²) in [6.45, 7) is 4.65. The van der Waals surface area contributed by atoms with Gasteiger partial charge in [-0.2, -0.15) is 0 Å². The van der Waals surface area contributed by atoms with Crippen LogP contribution in [-0.2, 0) is 34.4 Å². The molecule has 3 heterocycles. The third kappa shape index (κ3) is 5.41. The van der Waals surface area contributed by atoms with E-state index in [0.717, 1.165) is 5.56 Å². The number of carbonyl (C=O) groups is 4. The number of aromatic nitrogens is 2. The van der Waals surface area contributed by atoms with Crippen molar-refractivity contribution in [3.8, 4) is 0 Å². The largest absolute Gasteiger partial charge is 0.688 e. The summed E-state index contributed by atoms with van der Waals surface area (Å²) in [6, 6.07) is 8.45. The Morgan fingerprint density at radius 1 is 1.05 bits per heavy atom. The smallest absolute Gasteiger partial charge is 0.579 e. The van der Waals surface area contributed by atoms with Gasteiger partial charge in [-0.05, 0) is 24.3 Å². The Morgan fingerprint density at radius 3 is 2.27 bits per heavy atom. The van der Waals surface area contributed by atoms with Crippen molar-refractivity contribution in [2.75, 3.05) is 0 Å². The van der Waals surface area contributed by atoms with E-state index in [4.69, 9.17) is 9.31 Å². The highest BCUT2D eigenvalue weighted by Gasteiger charge is 2.71. The van der Waals surface area contributed by atoms with Crippen molar-refractivity contribution in [3.63, 3.8) is 0 Å². The third-order valence-electron chi connectivity index (χ3n) is 7.01. The van der Waals surface area contributed by atoms with Gasteiger partial charge in [-0.15, -0.1) is 0 Å². The first kappa shape index (κ1) is 26.5. The van der Waals surface area contributed by atoms with Crippen molar-refractivity contribution >= 4 is 30.4 Å². The van der Waals surface area contributed by atoms with Gasteiger partial charge >= 0.3 is 18.7 Å². The first-order valence-corrected chi connectivity index (χ1v) is 12.6. The second kappa shape index (κ2) is 10.8. The maximum absolute atomic E-state index is 13.8. The van der Waals surface area contributed by atoms with Crippen molar-refractivity contribution in [2.24, 2.45) is 5.92 Å². The van der Waals surface area contributed by atoms with Crippen LogP contribution in [0, 0.1) is 5.92 Å². The van der Waals surface area contributed by atoms with Crippen LogP contribution in [0.25, 0.3) is 0 Å². The normalized spacial score (nSPS) is 24.8. The molecular weight excluding hydrogens is 477 g/mol. The molecular formula is C26H32BN3O7. The van der Waals surface area contributed by atoms with E-state index >= 15 is 0 Å². The zero-order valence-electron chi connectivity index (χ0n) is 21.5. The molecule has 0 aliphatic carbocycles. The fourth-order valence-corrected chi connectivity index (χ4v) is 5.31. The quantitative estimate of drug-likeness (QED) is 0.383. The maximum Gasteiger partial charge on any atom is 0.688 e. The maximum atomic E-state index is 13.8. The van der Waals surface area contributed by atoms with Crippen LogP contribution in [0.15, 0.2) is 48.9 Å². The molecule has 196 valence electrons. The SMILES string of the molecule is CC(C)C[C@H](CC(=O)[C@H](Cc1ccccc1)NC(=O)c1cnccn1)[B-]12OC(=O)[C@@H](C)[O+]1[C@@H](C)C(=O)O2. The van der Waals surface area contributed by atoms with Crippen LogP contribution in [0.4, 0.5) is 0 Å². The predicted molar refractivity (Wildman–Crippen MR) is 134 cm³/mol. The number of carbonyl (C=O) groups excluding carboxylic acids is 4. The summed E-state index contributed by atoms with van der Waals surface area (Å²) < 4.78 is 14.2. The molecule has 2 aliphatic heterocycles. The van der Waals surface area contributed by atoms with Gasteiger partial charge in [0, 0.05) is 32.1 Å². The van der Waals surface area contributed by atoms with E-state index in [2.05, 4.69) is 19.6 Å². The summed E-state index contributed by atoms with van der Waals surface area (Å²) in [5, 5.41) is 2.80. The highest BCUT2D eigenvalue weighted by atomic mass is 16.9. The van der Waals surface area contributed by atoms with Crippen molar-refractivity contribution in [1.29, 1.82) is 0 Å². The van der Waals surface area contributed by atoms with Gasteiger partial charge in [0.05, 0.1) is 12.2 Å². The number of benzene rings is 1. The highest BCUT2D eigenvalue weighted by Crippen LogP contribution is 2.49. The van der Waals surface area contributed by atoms with Gasteiger partial charge in [-0.1, -0.05) is 50.6 Å². The summed E-state index contributed by atoms with van der Waals surface area (Å²) in [5.41, 5.74) is 0.955. The lowest BCUT2D eigenvalue weighted by molar-refractivity contribution is -0.154. The molecule has 2 saturated heterocycles. The monoisotopic (exact) mass is 509 g/mol. The zero-order chi connectivity index (χ0) is 26.7. The lowest BCUT2D eigenvalue weighted by Gasteiger charge is -2.38. The van der Waals surface area contributed by atoms with Crippen LogP contribution in [0.2, 0.25) is 5.82 Å². The van der Waals surface area contributed by atoms with Gasteiger partial charge < -0.3 is 18.9 Å². The van der Waals surface area contributed by atoms with Crippen molar-refractivity contribution < 1.29 is 32.8 Å². The standard InChI is InChI=1S/C26H32BN3O7/c1-16(2)12-20(27-35-25(33)17(3)37(27)18(4)26(34)36-27)14-23(31)21(13-19-8-6-5-7-9-19)30-24(32)22-15-28-10-11-29-22/h5-11,15-18,20-21H,12-14H2,1-4H3,(H,30,32)/t17-,18+,20-,21+,27?/m1/s1. The topological polar surface area (TPSA) is 127 Å². The molecule has 1 unspecified atom stereocenters. The minimum atomic E-state index is -2.60. The molecule has 1 N–H and O–H groups in total. The first-order valence-electron chi connectivity index (χ1n) is 12.6. The van der Waals surface area contributed by atoms with Gasteiger partial charge in [0.2, 0.25) is 12.2 Å². The van der Waals surface area contributed by atoms with Crippen molar-refractivity contribution in [3.05, 3.63) is 60.2 Å². The van der Waals surface area contributed by atoms with E-state index in [-0.39, 0.29) is 30.2 Å². The summed E-state index contributed by atoms with van der Waals surface area (Å²) in [7, 11) is 0. The summed E-state index contributed by atoms with van der Waals surface area (Å²) in [4.78, 5) is 59.9. The molecule has 1 amide bonds. The molecule has 1 aromatic heterocycles. The minimum Gasteiger partial charge on any atom is -0.579 e. The Hall–Kier alpha value is -3.60. The van der Waals surface area contributed by atoms with Crippen LogP contribution < -0.4 is 5.32 Å². The van der Waals surface area contributed by atoms with Crippen molar-refractivity contribution in [2.45, 2.75) is 71.0 Å². The van der Waals surface area contributed by atoms with Crippen LogP contribution in [-0.4, -0.2) is 58.6 Å². The molecule has 2 aromatic rings.